The molecule has 0 unspecified atom stereocenters. The molecule has 0 spiro atoms. The summed E-state index contributed by atoms with van der Waals surface area (Å²) in [6, 6.07) is 15.3. The van der Waals surface area contributed by atoms with Gasteiger partial charge in [-0.25, -0.2) is 4.98 Å². The van der Waals surface area contributed by atoms with Crippen LogP contribution in [0.25, 0.3) is 11.1 Å². The number of aromatic nitrogens is 1. The topological polar surface area (TPSA) is 54.5 Å². The van der Waals surface area contributed by atoms with Gasteiger partial charge in [0.05, 0.1) is 10.00 Å². The van der Waals surface area contributed by atoms with E-state index in [0.717, 1.165) is 72.2 Å². The molecule has 8 heteroatoms. The zero-order valence-corrected chi connectivity index (χ0v) is 21.5. The number of thiocarbonyl (C=S) groups is 1. The molecule has 1 aliphatic heterocycles. The molecule has 1 N–H and O–H groups in total. The molecule has 4 rings (SSSR count). The van der Waals surface area contributed by atoms with Gasteiger partial charge >= 0.3 is 0 Å². The molecule has 0 radical (unpaired) electrons. The first-order valence-corrected chi connectivity index (χ1v) is 13.1. The van der Waals surface area contributed by atoms with Crippen molar-refractivity contribution in [1.82, 2.24) is 9.88 Å². The van der Waals surface area contributed by atoms with Crippen molar-refractivity contribution in [3.63, 3.8) is 0 Å². The number of carbonyl (C=O) groups excluding carboxylic acids is 1. The molecule has 178 valence electrons. The van der Waals surface area contributed by atoms with Crippen molar-refractivity contribution in [2.45, 2.75) is 31.6 Å². The van der Waals surface area contributed by atoms with E-state index in [4.69, 9.17) is 33.5 Å². The average Bonchev–Trinajstić information content (AvgIpc) is 3.36. The summed E-state index contributed by atoms with van der Waals surface area (Å²) in [5.74, 6) is 0.173. The highest BCUT2D eigenvalue weighted by atomic mass is 35.5. The van der Waals surface area contributed by atoms with Crippen molar-refractivity contribution >= 4 is 51.7 Å². The normalized spacial score (nSPS) is 14.2. The van der Waals surface area contributed by atoms with Crippen LogP contribution in [-0.2, 0) is 4.74 Å². The van der Waals surface area contributed by atoms with Crippen LogP contribution in [0.1, 0.15) is 47.1 Å². The zero-order valence-electron chi connectivity index (χ0n) is 19.1. The molecule has 3 aromatic rings. The van der Waals surface area contributed by atoms with Gasteiger partial charge in [-0.1, -0.05) is 54.2 Å². The Morgan fingerprint density at radius 2 is 1.94 bits per heavy atom. The third-order valence-corrected chi connectivity index (χ3v) is 7.74. The third kappa shape index (κ3) is 6.21. The number of halogens is 1. The van der Waals surface area contributed by atoms with E-state index in [-0.39, 0.29) is 5.91 Å². The first-order valence-electron chi connectivity index (χ1n) is 11.4. The molecule has 2 heterocycles. The average molecular weight is 514 g/mol. The van der Waals surface area contributed by atoms with Crippen molar-refractivity contribution in [1.29, 1.82) is 0 Å². The fourth-order valence-electron chi connectivity index (χ4n) is 4.14. The van der Waals surface area contributed by atoms with E-state index >= 15 is 0 Å². The van der Waals surface area contributed by atoms with Gasteiger partial charge in [-0.15, -0.1) is 11.3 Å². The number of thiazole rings is 1. The molecule has 1 amide bonds. The number of benzene rings is 2. The van der Waals surface area contributed by atoms with Gasteiger partial charge in [0.25, 0.3) is 5.91 Å². The van der Waals surface area contributed by atoms with E-state index < -0.39 is 0 Å². The first-order chi connectivity index (χ1) is 16.5. The molecule has 1 saturated heterocycles. The lowest BCUT2D eigenvalue weighted by molar-refractivity contribution is 0.102. The summed E-state index contributed by atoms with van der Waals surface area (Å²) < 4.78 is 5.12. The predicted molar refractivity (Wildman–Crippen MR) is 144 cm³/mol. The molecular formula is C26H28ClN3O2S2. The second kappa shape index (κ2) is 11.9. The molecule has 0 atom stereocenters. The third-order valence-electron chi connectivity index (χ3n) is 6.02. The number of likely N-dealkylation sites (tertiary alicyclic amines) is 1. The summed E-state index contributed by atoms with van der Waals surface area (Å²) in [5.41, 5.74) is 3.14. The van der Waals surface area contributed by atoms with Crippen LogP contribution < -0.4 is 5.32 Å². The number of methoxy groups -OCH3 is 1. The molecular weight excluding hydrogens is 486 g/mol. The Bertz CT molecular complexity index is 1130. The van der Waals surface area contributed by atoms with E-state index in [1.807, 2.05) is 53.9 Å². The van der Waals surface area contributed by atoms with Gasteiger partial charge in [0, 0.05) is 60.8 Å². The second-order valence-corrected chi connectivity index (χ2v) is 10.1. The Labute approximate surface area is 215 Å². The SMILES string of the molecule is COCCCC(=S)N1CCC(c2nc(C(=O)Nc3ccccc3-c3ccc(Cl)cc3)cs2)CC1. The summed E-state index contributed by atoms with van der Waals surface area (Å²) in [5, 5.41) is 6.61. The molecule has 2 aromatic carbocycles. The van der Waals surface area contributed by atoms with Crippen LogP contribution in [-0.4, -0.2) is 47.6 Å². The highest BCUT2D eigenvalue weighted by Gasteiger charge is 2.25. The molecule has 0 saturated carbocycles. The second-order valence-electron chi connectivity index (χ2n) is 8.33. The summed E-state index contributed by atoms with van der Waals surface area (Å²) in [4.78, 5) is 21.0. The predicted octanol–water partition coefficient (Wildman–Crippen LogP) is 6.65. The van der Waals surface area contributed by atoms with Crippen LogP contribution in [0.3, 0.4) is 0 Å². The lowest BCUT2D eigenvalue weighted by atomic mass is 9.97. The van der Waals surface area contributed by atoms with Gasteiger partial charge in [-0.05, 0) is 43.0 Å². The zero-order chi connectivity index (χ0) is 23.9. The van der Waals surface area contributed by atoms with Crippen molar-refractivity contribution in [3.05, 3.63) is 69.6 Å². The fraction of sp³-hybridized carbons (Fsp3) is 0.346. The minimum atomic E-state index is -0.194. The highest BCUT2D eigenvalue weighted by molar-refractivity contribution is 7.80. The van der Waals surface area contributed by atoms with E-state index in [2.05, 4.69) is 10.2 Å². The monoisotopic (exact) mass is 513 g/mol. The lowest BCUT2D eigenvalue weighted by Crippen LogP contribution is -2.37. The van der Waals surface area contributed by atoms with E-state index in [1.54, 1.807) is 18.4 Å². The Morgan fingerprint density at radius 3 is 2.68 bits per heavy atom. The van der Waals surface area contributed by atoms with Crippen molar-refractivity contribution < 1.29 is 9.53 Å². The number of hydrogen-bond donors (Lipinski definition) is 1. The van der Waals surface area contributed by atoms with Crippen molar-refractivity contribution in [2.24, 2.45) is 0 Å². The molecule has 5 nitrogen and oxygen atoms in total. The number of piperidine rings is 1. The number of ether oxygens (including phenoxy) is 1. The van der Waals surface area contributed by atoms with Gasteiger partial charge in [0.15, 0.2) is 0 Å². The molecule has 0 aliphatic carbocycles. The van der Waals surface area contributed by atoms with Gasteiger partial charge in [0.1, 0.15) is 5.69 Å². The Morgan fingerprint density at radius 1 is 1.21 bits per heavy atom. The van der Waals surface area contributed by atoms with Crippen LogP contribution in [0, 0.1) is 0 Å². The van der Waals surface area contributed by atoms with Crippen LogP contribution >= 0.6 is 35.2 Å². The van der Waals surface area contributed by atoms with Gasteiger partial charge in [0.2, 0.25) is 0 Å². The van der Waals surface area contributed by atoms with E-state index in [0.29, 0.717) is 16.6 Å². The van der Waals surface area contributed by atoms with Gasteiger partial charge < -0.3 is 15.0 Å². The lowest BCUT2D eigenvalue weighted by Gasteiger charge is -2.33. The maximum absolute atomic E-state index is 13.0. The number of para-hydroxylation sites is 1. The van der Waals surface area contributed by atoms with Crippen LogP contribution in [0.4, 0.5) is 5.69 Å². The van der Waals surface area contributed by atoms with Gasteiger partial charge in [-0.3, -0.25) is 4.79 Å². The number of rotatable bonds is 8. The quantitative estimate of drug-likeness (QED) is 0.270. The van der Waals surface area contributed by atoms with Gasteiger partial charge in [-0.2, -0.15) is 0 Å². The van der Waals surface area contributed by atoms with Crippen molar-refractivity contribution in [3.8, 4) is 11.1 Å². The summed E-state index contributed by atoms with van der Waals surface area (Å²) in [6.07, 6.45) is 3.85. The Hall–Kier alpha value is -2.32. The number of nitrogens with one attached hydrogen (secondary N) is 1. The van der Waals surface area contributed by atoms with Crippen LogP contribution in [0.15, 0.2) is 53.9 Å². The molecule has 0 bridgehead atoms. The fourth-order valence-corrected chi connectivity index (χ4v) is 5.56. The Kier molecular flexibility index (Phi) is 8.67. The number of hydrogen-bond acceptors (Lipinski definition) is 5. The number of amides is 1. The van der Waals surface area contributed by atoms with Crippen molar-refractivity contribution in [2.75, 3.05) is 32.1 Å². The highest BCUT2D eigenvalue weighted by Crippen LogP contribution is 2.32. The molecule has 1 aliphatic rings. The number of carbonyl (C=O) groups is 1. The maximum atomic E-state index is 13.0. The standard InChI is InChI=1S/C26H28ClN3O2S2/c1-32-16-4-7-24(33)30-14-12-19(13-15-30)26-29-23(17-34-26)25(31)28-22-6-3-2-5-21(22)18-8-10-20(27)11-9-18/h2-3,5-6,8-11,17,19H,4,7,12-16H2,1H3,(H,28,31). The molecule has 1 aromatic heterocycles. The van der Waals surface area contributed by atoms with Crippen LogP contribution in [0.2, 0.25) is 5.02 Å². The summed E-state index contributed by atoms with van der Waals surface area (Å²) >= 11 is 13.2. The largest absolute Gasteiger partial charge is 0.385 e. The minimum absolute atomic E-state index is 0.194. The first kappa shape index (κ1) is 24.8. The number of nitrogens with zero attached hydrogens (tertiary/aromatic N) is 2. The maximum Gasteiger partial charge on any atom is 0.275 e. The molecule has 34 heavy (non-hydrogen) atoms. The summed E-state index contributed by atoms with van der Waals surface area (Å²) in [7, 11) is 1.72. The van der Waals surface area contributed by atoms with E-state index in [1.165, 1.54) is 0 Å². The van der Waals surface area contributed by atoms with Crippen LogP contribution in [0.5, 0.6) is 0 Å². The summed E-state index contributed by atoms with van der Waals surface area (Å²) in [6.45, 7) is 2.61. The molecule has 1 fully saturated rings. The minimum Gasteiger partial charge on any atom is -0.385 e. The number of anilines is 1. The Balaban J connectivity index is 1.37. The smallest absolute Gasteiger partial charge is 0.275 e. The van der Waals surface area contributed by atoms with E-state index in [9.17, 15) is 4.79 Å².